The molecule has 0 spiro atoms. The van der Waals surface area contributed by atoms with Crippen LogP contribution in [0.3, 0.4) is 0 Å². The highest BCUT2D eigenvalue weighted by molar-refractivity contribution is 14.1. The quantitative estimate of drug-likeness (QED) is 0.246. The lowest BCUT2D eigenvalue weighted by Crippen LogP contribution is -2.08. The van der Waals surface area contributed by atoms with E-state index in [9.17, 15) is 0 Å². The molecule has 1 heterocycles. The number of hydrogen-bond acceptors (Lipinski definition) is 3. The van der Waals surface area contributed by atoms with Gasteiger partial charge < -0.3 is 0 Å². The van der Waals surface area contributed by atoms with Crippen molar-refractivity contribution in [3.05, 3.63) is 100 Å². The van der Waals surface area contributed by atoms with Crippen LogP contribution in [0, 0.1) is 10.7 Å². The van der Waals surface area contributed by atoms with Gasteiger partial charge in [0.15, 0.2) is 0 Å². The second kappa shape index (κ2) is 9.80. The van der Waals surface area contributed by atoms with Crippen molar-refractivity contribution >= 4 is 103 Å². The van der Waals surface area contributed by atoms with Gasteiger partial charge in [0.05, 0.1) is 13.7 Å². The summed E-state index contributed by atoms with van der Waals surface area (Å²) in [5.74, 6) is 0. The van der Waals surface area contributed by atoms with Crippen LogP contribution >= 0.6 is 103 Å². The summed E-state index contributed by atoms with van der Waals surface area (Å²) in [5.41, 5.74) is 4.33. The van der Waals surface area contributed by atoms with Gasteiger partial charge >= 0.3 is 0 Å². The number of benzene rings is 3. The molecule has 0 saturated carbocycles. The van der Waals surface area contributed by atoms with E-state index >= 15 is 0 Å². The molecule has 1 saturated heterocycles. The summed E-state index contributed by atoms with van der Waals surface area (Å²) < 4.78 is 5.36. The van der Waals surface area contributed by atoms with Crippen molar-refractivity contribution in [2.75, 3.05) is 0 Å². The van der Waals surface area contributed by atoms with Crippen LogP contribution in [0.2, 0.25) is 0 Å². The lowest BCUT2D eigenvalue weighted by atomic mass is 10.2. The minimum Gasteiger partial charge on any atom is -0.123 e. The van der Waals surface area contributed by atoms with Gasteiger partial charge in [-0.05, 0) is 103 Å². The molecule has 0 radical (unpaired) electrons. The zero-order valence-corrected chi connectivity index (χ0v) is 22.9. The fourth-order valence-corrected chi connectivity index (χ4v) is 12.4. The molecule has 0 bridgehead atoms. The van der Waals surface area contributed by atoms with E-state index in [2.05, 4.69) is 176 Å². The standard InChI is InChI=1S/C21H15I3S3/c22-16-10-4-1-7-13(16)19-25-20(14-8-2-5-11-17(14)23)27-21(26-19)15-9-3-6-12-18(15)24/h1-12,19-21H. The summed E-state index contributed by atoms with van der Waals surface area (Å²) >= 11 is 13.7. The van der Waals surface area contributed by atoms with Gasteiger partial charge in [0.2, 0.25) is 0 Å². The maximum Gasteiger partial charge on any atom is 0.0790 e. The normalized spacial score (nSPS) is 22.6. The SMILES string of the molecule is Ic1ccccc1C1SC(c2ccccc2I)SC(c2ccccc2I)S1. The molecule has 3 aromatic rings. The van der Waals surface area contributed by atoms with Crippen molar-refractivity contribution in [3.63, 3.8) is 0 Å². The molecule has 0 atom stereocenters. The van der Waals surface area contributed by atoms with E-state index in [1.165, 1.54) is 27.4 Å². The molecule has 6 heteroatoms. The molecule has 0 nitrogen and oxygen atoms in total. The van der Waals surface area contributed by atoms with E-state index in [-0.39, 0.29) is 0 Å². The highest BCUT2D eigenvalue weighted by atomic mass is 127. The van der Waals surface area contributed by atoms with E-state index in [4.69, 9.17) is 0 Å². The van der Waals surface area contributed by atoms with Crippen LogP contribution in [0.15, 0.2) is 72.8 Å². The van der Waals surface area contributed by atoms with Gasteiger partial charge in [-0.2, -0.15) is 0 Å². The van der Waals surface area contributed by atoms with Crippen molar-refractivity contribution in [2.45, 2.75) is 13.7 Å². The fraction of sp³-hybridized carbons (Fsp3) is 0.143. The van der Waals surface area contributed by atoms with Gasteiger partial charge in [0, 0.05) is 10.7 Å². The van der Waals surface area contributed by atoms with Crippen molar-refractivity contribution in [1.82, 2.24) is 0 Å². The van der Waals surface area contributed by atoms with Crippen LogP contribution in [0.4, 0.5) is 0 Å². The van der Waals surface area contributed by atoms with Crippen molar-refractivity contribution in [2.24, 2.45) is 0 Å². The number of halogens is 3. The zero-order chi connectivity index (χ0) is 18.8. The Morgan fingerprint density at radius 3 is 0.963 bits per heavy atom. The first-order valence-corrected chi connectivity index (χ1v) is 14.4. The molecule has 1 fully saturated rings. The lowest BCUT2D eigenvalue weighted by Gasteiger charge is -2.35. The third kappa shape index (κ3) is 4.98. The third-order valence-electron chi connectivity index (χ3n) is 4.22. The van der Waals surface area contributed by atoms with Crippen LogP contribution in [0.1, 0.15) is 30.4 Å². The van der Waals surface area contributed by atoms with E-state index in [1.54, 1.807) is 0 Å². The topological polar surface area (TPSA) is 0 Å². The predicted molar refractivity (Wildman–Crippen MR) is 148 cm³/mol. The summed E-state index contributed by atoms with van der Waals surface area (Å²) in [6.07, 6.45) is 0. The first kappa shape index (κ1) is 21.1. The number of thioether (sulfide) groups is 3. The Bertz CT molecular complexity index is 819. The summed E-state index contributed by atoms with van der Waals surface area (Å²) in [6, 6.07) is 26.5. The molecule has 3 aromatic carbocycles. The second-order valence-electron chi connectivity index (χ2n) is 5.97. The van der Waals surface area contributed by atoms with E-state index in [0.717, 1.165) is 0 Å². The molecular formula is C21H15I3S3. The average Bonchev–Trinajstić information content (AvgIpc) is 2.69. The fourth-order valence-electron chi connectivity index (χ4n) is 2.87. The van der Waals surface area contributed by atoms with Gasteiger partial charge in [-0.25, -0.2) is 0 Å². The molecule has 27 heavy (non-hydrogen) atoms. The largest absolute Gasteiger partial charge is 0.123 e. The molecular weight excluding hydrogens is 729 g/mol. The van der Waals surface area contributed by atoms with Gasteiger partial charge in [0.25, 0.3) is 0 Å². The zero-order valence-electron chi connectivity index (χ0n) is 14.0. The monoisotopic (exact) mass is 744 g/mol. The Kier molecular flexibility index (Phi) is 7.68. The van der Waals surface area contributed by atoms with Gasteiger partial charge in [-0.3, -0.25) is 0 Å². The number of hydrogen-bond donors (Lipinski definition) is 0. The minimum absolute atomic E-state index is 0.432. The molecule has 0 aliphatic carbocycles. The van der Waals surface area contributed by atoms with E-state index in [0.29, 0.717) is 13.7 Å². The summed E-state index contributed by atoms with van der Waals surface area (Å²) in [4.78, 5) is 0. The van der Waals surface area contributed by atoms with Crippen LogP contribution in [-0.2, 0) is 0 Å². The lowest BCUT2D eigenvalue weighted by molar-refractivity contribution is 1.23. The summed E-state index contributed by atoms with van der Waals surface area (Å²) in [7, 11) is 0. The molecule has 0 unspecified atom stereocenters. The van der Waals surface area contributed by atoms with Crippen LogP contribution in [0.5, 0.6) is 0 Å². The van der Waals surface area contributed by atoms with E-state index in [1.807, 2.05) is 0 Å². The van der Waals surface area contributed by atoms with Crippen LogP contribution in [-0.4, -0.2) is 0 Å². The van der Waals surface area contributed by atoms with Crippen molar-refractivity contribution < 1.29 is 0 Å². The summed E-state index contributed by atoms with van der Waals surface area (Å²) in [5, 5.41) is 0. The van der Waals surface area contributed by atoms with E-state index < -0.39 is 0 Å². The second-order valence-corrected chi connectivity index (χ2v) is 14.0. The van der Waals surface area contributed by atoms with Crippen molar-refractivity contribution in [3.8, 4) is 0 Å². The van der Waals surface area contributed by atoms with Crippen molar-refractivity contribution in [1.29, 1.82) is 0 Å². The molecule has 1 aliphatic rings. The molecule has 4 rings (SSSR count). The Morgan fingerprint density at radius 1 is 0.444 bits per heavy atom. The highest BCUT2D eigenvalue weighted by Crippen LogP contribution is 2.67. The first-order valence-electron chi connectivity index (χ1n) is 8.33. The average molecular weight is 744 g/mol. The Morgan fingerprint density at radius 2 is 0.704 bits per heavy atom. The molecule has 0 N–H and O–H groups in total. The molecule has 0 amide bonds. The minimum atomic E-state index is 0.432. The Balaban J connectivity index is 1.74. The first-order chi connectivity index (χ1) is 13.1. The molecule has 0 aromatic heterocycles. The van der Waals surface area contributed by atoms with Crippen LogP contribution in [0.25, 0.3) is 0 Å². The van der Waals surface area contributed by atoms with Crippen LogP contribution < -0.4 is 0 Å². The smallest absolute Gasteiger partial charge is 0.0790 e. The molecule has 138 valence electrons. The highest BCUT2D eigenvalue weighted by Gasteiger charge is 2.35. The van der Waals surface area contributed by atoms with Gasteiger partial charge in [-0.15, -0.1) is 35.3 Å². The summed E-state index contributed by atoms with van der Waals surface area (Å²) in [6.45, 7) is 0. The molecule has 1 aliphatic heterocycles. The maximum absolute atomic E-state index is 2.48. The van der Waals surface area contributed by atoms with Gasteiger partial charge in [-0.1, -0.05) is 54.6 Å². The maximum atomic E-state index is 2.48. The Hall–Kier alpha value is 0.900. The number of rotatable bonds is 3. The predicted octanol–water partition coefficient (Wildman–Crippen LogP) is 9.11. The Labute approximate surface area is 214 Å². The van der Waals surface area contributed by atoms with Gasteiger partial charge in [0.1, 0.15) is 0 Å². The third-order valence-corrected chi connectivity index (χ3v) is 12.2.